The van der Waals surface area contributed by atoms with E-state index >= 15 is 0 Å². The van der Waals surface area contributed by atoms with Crippen molar-refractivity contribution >= 4 is 0 Å². The summed E-state index contributed by atoms with van der Waals surface area (Å²) >= 11 is 0. The van der Waals surface area contributed by atoms with Crippen LogP contribution in [0.2, 0.25) is 0 Å². The van der Waals surface area contributed by atoms with Crippen LogP contribution in [0.3, 0.4) is 0 Å². The third kappa shape index (κ3) is 1.84. The van der Waals surface area contributed by atoms with Crippen LogP contribution in [0.1, 0.15) is 30.6 Å². The summed E-state index contributed by atoms with van der Waals surface area (Å²) in [6.45, 7) is 1.91. The number of benzene rings is 1. The van der Waals surface area contributed by atoms with Crippen molar-refractivity contribution in [2.45, 2.75) is 19.4 Å². The molecule has 2 heteroatoms. The van der Waals surface area contributed by atoms with Crippen molar-refractivity contribution in [3.05, 3.63) is 35.4 Å². The molecule has 0 radical (unpaired) electrons. The monoisotopic (exact) mass is 161 g/mol. The van der Waals surface area contributed by atoms with Crippen molar-refractivity contribution in [2.75, 3.05) is 0 Å². The first-order chi connectivity index (χ1) is 5.77. The van der Waals surface area contributed by atoms with Gasteiger partial charge in [-0.2, -0.15) is 5.26 Å². The van der Waals surface area contributed by atoms with Crippen LogP contribution in [-0.2, 0) is 0 Å². The lowest BCUT2D eigenvalue weighted by atomic mass is 10.1. The summed E-state index contributed by atoms with van der Waals surface area (Å²) in [5.41, 5.74) is 1.41. The second-order valence-electron chi connectivity index (χ2n) is 2.66. The minimum atomic E-state index is -0.446. The van der Waals surface area contributed by atoms with Gasteiger partial charge in [-0.3, -0.25) is 0 Å². The summed E-state index contributed by atoms with van der Waals surface area (Å²) in [6, 6.07) is 9.09. The highest BCUT2D eigenvalue weighted by atomic mass is 16.3. The Hall–Kier alpha value is -1.33. The molecule has 1 atom stereocenters. The Morgan fingerprint density at radius 1 is 1.58 bits per heavy atom. The van der Waals surface area contributed by atoms with Crippen LogP contribution in [-0.4, -0.2) is 5.11 Å². The van der Waals surface area contributed by atoms with Gasteiger partial charge >= 0.3 is 0 Å². The van der Waals surface area contributed by atoms with Crippen molar-refractivity contribution in [1.29, 1.82) is 5.26 Å². The molecule has 0 aliphatic carbocycles. The van der Waals surface area contributed by atoms with Crippen LogP contribution in [0.15, 0.2) is 24.3 Å². The zero-order valence-electron chi connectivity index (χ0n) is 6.99. The van der Waals surface area contributed by atoms with Crippen molar-refractivity contribution < 1.29 is 5.11 Å². The van der Waals surface area contributed by atoms with E-state index in [0.29, 0.717) is 12.0 Å². The molecule has 0 aromatic heterocycles. The van der Waals surface area contributed by atoms with Crippen molar-refractivity contribution in [3.63, 3.8) is 0 Å². The first-order valence-electron chi connectivity index (χ1n) is 3.96. The van der Waals surface area contributed by atoms with E-state index in [1.54, 1.807) is 18.2 Å². The average Bonchev–Trinajstić information content (AvgIpc) is 2.17. The predicted octanol–water partition coefficient (Wildman–Crippen LogP) is 2.00. The second kappa shape index (κ2) is 3.89. The Morgan fingerprint density at radius 2 is 2.33 bits per heavy atom. The highest BCUT2D eigenvalue weighted by molar-refractivity contribution is 5.33. The third-order valence-electron chi connectivity index (χ3n) is 1.79. The number of nitrogens with zero attached hydrogens (tertiary/aromatic N) is 1. The summed E-state index contributed by atoms with van der Waals surface area (Å²) in [5, 5.41) is 18.0. The molecule has 1 rings (SSSR count). The molecular formula is C10H11NO. The van der Waals surface area contributed by atoms with E-state index in [1.165, 1.54) is 0 Å². The highest BCUT2D eigenvalue weighted by Crippen LogP contribution is 2.16. The topological polar surface area (TPSA) is 44.0 Å². The molecule has 0 aliphatic rings. The summed E-state index contributed by atoms with van der Waals surface area (Å²) in [5.74, 6) is 0. The number of rotatable bonds is 2. The molecule has 1 aromatic carbocycles. The summed E-state index contributed by atoms with van der Waals surface area (Å²) in [7, 11) is 0. The molecule has 0 saturated heterocycles. The van der Waals surface area contributed by atoms with Gasteiger partial charge in [0.2, 0.25) is 0 Å². The quantitative estimate of drug-likeness (QED) is 0.721. The fourth-order valence-corrected chi connectivity index (χ4v) is 1.05. The first kappa shape index (κ1) is 8.76. The molecule has 0 amide bonds. The minimum Gasteiger partial charge on any atom is -0.388 e. The maximum atomic E-state index is 9.44. The van der Waals surface area contributed by atoms with Gasteiger partial charge in [-0.15, -0.1) is 0 Å². The third-order valence-corrected chi connectivity index (χ3v) is 1.79. The predicted molar refractivity (Wildman–Crippen MR) is 46.4 cm³/mol. The number of aliphatic hydroxyl groups is 1. The Kier molecular flexibility index (Phi) is 2.84. The summed E-state index contributed by atoms with van der Waals surface area (Å²) < 4.78 is 0. The van der Waals surface area contributed by atoms with Crippen molar-refractivity contribution in [1.82, 2.24) is 0 Å². The maximum Gasteiger partial charge on any atom is 0.0991 e. The Labute approximate surface area is 72.1 Å². The van der Waals surface area contributed by atoms with Crippen molar-refractivity contribution in [3.8, 4) is 6.07 Å². The van der Waals surface area contributed by atoms with Crippen LogP contribution in [0.25, 0.3) is 0 Å². The molecule has 1 aromatic rings. The van der Waals surface area contributed by atoms with E-state index < -0.39 is 6.10 Å². The number of hydrogen-bond donors (Lipinski definition) is 1. The van der Waals surface area contributed by atoms with Gasteiger partial charge in [0.25, 0.3) is 0 Å². The van der Waals surface area contributed by atoms with Crippen molar-refractivity contribution in [2.24, 2.45) is 0 Å². The molecule has 0 saturated carbocycles. The second-order valence-corrected chi connectivity index (χ2v) is 2.66. The normalized spacial score (nSPS) is 12.1. The molecule has 0 fully saturated rings. The van der Waals surface area contributed by atoms with Crippen LogP contribution in [0, 0.1) is 11.3 Å². The molecule has 0 bridgehead atoms. The fourth-order valence-electron chi connectivity index (χ4n) is 1.05. The zero-order valence-corrected chi connectivity index (χ0v) is 6.99. The van der Waals surface area contributed by atoms with Crippen LogP contribution in [0.4, 0.5) is 0 Å². The van der Waals surface area contributed by atoms with Gasteiger partial charge in [-0.25, -0.2) is 0 Å². The molecule has 0 spiro atoms. The minimum absolute atomic E-state index is 0.446. The number of nitriles is 1. The van der Waals surface area contributed by atoms with E-state index in [9.17, 15) is 5.11 Å². The van der Waals surface area contributed by atoms with Gasteiger partial charge in [0.1, 0.15) is 0 Å². The van der Waals surface area contributed by atoms with Gasteiger partial charge in [-0.1, -0.05) is 19.1 Å². The summed E-state index contributed by atoms with van der Waals surface area (Å²) in [6.07, 6.45) is 0.229. The Balaban J connectivity index is 2.95. The lowest BCUT2D eigenvalue weighted by molar-refractivity contribution is 0.173. The first-order valence-corrected chi connectivity index (χ1v) is 3.96. The van der Waals surface area contributed by atoms with E-state index in [-0.39, 0.29) is 0 Å². The standard InChI is InChI=1S/C10H11NO/c1-2-10(12)9-5-3-4-8(6-9)7-11/h3-6,10,12H,2H2,1H3. The Bertz CT molecular complexity index is 301. The van der Waals surface area contributed by atoms with Gasteiger partial charge in [0.15, 0.2) is 0 Å². The molecule has 62 valence electrons. The highest BCUT2D eigenvalue weighted by Gasteiger charge is 2.03. The summed E-state index contributed by atoms with van der Waals surface area (Å²) in [4.78, 5) is 0. The average molecular weight is 161 g/mol. The van der Waals surface area contributed by atoms with Crippen LogP contribution < -0.4 is 0 Å². The van der Waals surface area contributed by atoms with E-state index in [4.69, 9.17) is 5.26 Å². The molecule has 0 aliphatic heterocycles. The fraction of sp³-hybridized carbons (Fsp3) is 0.300. The van der Waals surface area contributed by atoms with Gasteiger partial charge in [0, 0.05) is 0 Å². The zero-order chi connectivity index (χ0) is 8.97. The van der Waals surface area contributed by atoms with Gasteiger partial charge in [0.05, 0.1) is 17.7 Å². The molecule has 1 unspecified atom stereocenters. The Morgan fingerprint density at radius 3 is 2.92 bits per heavy atom. The van der Waals surface area contributed by atoms with E-state index in [2.05, 4.69) is 0 Å². The molecule has 2 nitrogen and oxygen atoms in total. The van der Waals surface area contributed by atoms with Crippen LogP contribution >= 0.6 is 0 Å². The SMILES string of the molecule is CCC(O)c1cccc(C#N)c1. The number of hydrogen-bond acceptors (Lipinski definition) is 2. The maximum absolute atomic E-state index is 9.44. The molecule has 1 N–H and O–H groups in total. The molecule has 12 heavy (non-hydrogen) atoms. The van der Waals surface area contributed by atoms with E-state index in [0.717, 1.165) is 5.56 Å². The van der Waals surface area contributed by atoms with E-state index in [1.807, 2.05) is 19.1 Å². The lowest BCUT2D eigenvalue weighted by Gasteiger charge is -2.06. The smallest absolute Gasteiger partial charge is 0.0991 e. The lowest BCUT2D eigenvalue weighted by Crippen LogP contribution is -1.94. The largest absolute Gasteiger partial charge is 0.388 e. The van der Waals surface area contributed by atoms with Gasteiger partial charge < -0.3 is 5.11 Å². The van der Waals surface area contributed by atoms with Crippen LogP contribution in [0.5, 0.6) is 0 Å². The number of aliphatic hydroxyl groups excluding tert-OH is 1. The van der Waals surface area contributed by atoms with Gasteiger partial charge in [-0.05, 0) is 24.1 Å². The molecule has 0 heterocycles. The molecular weight excluding hydrogens is 150 g/mol.